The van der Waals surface area contributed by atoms with E-state index in [9.17, 15) is 0 Å². The molecule has 0 fully saturated rings. The molecule has 1 aliphatic carbocycles. The van der Waals surface area contributed by atoms with Gasteiger partial charge >= 0.3 is 0 Å². The largest absolute Gasteiger partial charge is 0.302 e. The number of para-hydroxylation sites is 2. The molecule has 2 unspecified atom stereocenters. The van der Waals surface area contributed by atoms with Crippen molar-refractivity contribution in [1.82, 2.24) is 4.72 Å². The molecule has 236 valence electrons. The monoisotopic (exact) mass is 661 g/mol. The minimum Gasteiger partial charge on any atom is -0.302 e. The summed E-state index contributed by atoms with van der Waals surface area (Å²) in [6.07, 6.45) is 3.57. The molecule has 2 aromatic heterocycles. The fourth-order valence-electron chi connectivity index (χ4n) is 5.51. The molecular weight excluding hydrogens is 619 g/mol. The zero-order valence-electron chi connectivity index (χ0n) is 27.5. The summed E-state index contributed by atoms with van der Waals surface area (Å²) in [5.74, 6) is 0.709. The van der Waals surface area contributed by atoms with Crippen LogP contribution in [0.15, 0.2) is 131 Å². The van der Waals surface area contributed by atoms with Gasteiger partial charge in [0, 0.05) is 31.6 Å². The normalized spacial score (nSPS) is 15.8. The molecular formula is C40H43N3S3. The van der Waals surface area contributed by atoms with Crippen LogP contribution in [0.2, 0.25) is 0 Å². The number of benzene rings is 3. The predicted octanol–water partition coefficient (Wildman–Crippen LogP) is 12.7. The molecule has 6 heteroatoms. The second kappa shape index (κ2) is 16.2. The Hall–Kier alpha value is -3.68. The van der Waals surface area contributed by atoms with Gasteiger partial charge in [-0.15, -0.1) is 22.7 Å². The lowest BCUT2D eigenvalue weighted by molar-refractivity contribution is 0.733. The smallest absolute Gasteiger partial charge is 0.101 e. The average Bonchev–Trinajstić information content (AvgIpc) is 3.89. The molecule has 0 spiro atoms. The number of hydrogen-bond donors (Lipinski definition) is 1. The first-order valence-electron chi connectivity index (χ1n) is 16.1. The molecule has 1 aliphatic heterocycles. The number of rotatable bonds is 7. The van der Waals surface area contributed by atoms with Crippen molar-refractivity contribution in [3.8, 4) is 0 Å². The molecule has 3 aromatic carbocycles. The van der Waals surface area contributed by atoms with Crippen LogP contribution in [0.1, 0.15) is 67.2 Å². The minimum atomic E-state index is 0.117. The Morgan fingerprint density at radius 1 is 0.739 bits per heavy atom. The van der Waals surface area contributed by atoms with Gasteiger partial charge < -0.3 is 4.90 Å². The Labute approximate surface area is 287 Å². The Morgan fingerprint density at radius 3 is 1.89 bits per heavy atom. The van der Waals surface area contributed by atoms with E-state index in [1.807, 2.05) is 36.5 Å². The average molecular weight is 662 g/mol. The molecule has 7 rings (SSSR count). The summed E-state index contributed by atoms with van der Waals surface area (Å²) in [4.78, 5) is 6.21. The molecule has 1 N–H and O–H groups in total. The second-order valence-electron chi connectivity index (χ2n) is 11.1. The van der Waals surface area contributed by atoms with Crippen molar-refractivity contribution < 1.29 is 0 Å². The van der Waals surface area contributed by atoms with Gasteiger partial charge in [-0.1, -0.05) is 101 Å². The fraction of sp³-hybridized carbons (Fsp3) is 0.225. The van der Waals surface area contributed by atoms with E-state index < -0.39 is 0 Å². The lowest BCUT2D eigenvalue weighted by Gasteiger charge is -2.25. The number of hydrogen-bond acceptors (Lipinski definition) is 6. The summed E-state index contributed by atoms with van der Waals surface area (Å²) >= 11 is 5.11. The number of allylic oxidation sites excluding steroid dienone is 2. The maximum atomic E-state index is 4.84. The van der Waals surface area contributed by atoms with E-state index in [0.717, 1.165) is 17.1 Å². The van der Waals surface area contributed by atoms with Gasteiger partial charge in [-0.05, 0) is 91.4 Å². The highest BCUT2D eigenvalue weighted by Gasteiger charge is 2.35. The third-order valence-electron chi connectivity index (χ3n) is 8.01. The maximum absolute atomic E-state index is 4.84. The Morgan fingerprint density at radius 2 is 1.33 bits per heavy atom. The quantitative estimate of drug-likeness (QED) is 0.176. The summed E-state index contributed by atoms with van der Waals surface area (Å²) in [6.45, 7) is 12.9. The van der Waals surface area contributed by atoms with Gasteiger partial charge in [0.15, 0.2) is 0 Å². The van der Waals surface area contributed by atoms with Gasteiger partial charge in [-0.2, -0.15) is 0 Å². The third kappa shape index (κ3) is 7.64. The van der Waals surface area contributed by atoms with Crippen molar-refractivity contribution in [1.29, 1.82) is 0 Å². The molecule has 46 heavy (non-hydrogen) atoms. The first-order chi connectivity index (χ1) is 22.5. The highest BCUT2D eigenvalue weighted by molar-refractivity contribution is 7.96. The summed E-state index contributed by atoms with van der Waals surface area (Å²) in [5.41, 5.74) is 8.71. The van der Waals surface area contributed by atoms with Crippen LogP contribution in [-0.2, 0) is 0 Å². The highest BCUT2D eigenvalue weighted by atomic mass is 32.2. The van der Waals surface area contributed by atoms with Gasteiger partial charge in [0.25, 0.3) is 0 Å². The van der Waals surface area contributed by atoms with E-state index >= 15 is 0 Å². The zero-order valence-corrected chi connectivity index (χ0v) is 30.0. The first-order valence-corrected chi connectivity index (χ1v) is 18.5. The van der Waals surface area contributed by atoms with Gasteiger partial charge in [0.2, 0.25) is 0 Å². The molecule has 2 aliphatic rings. The molecule has 0 saturated heterocycles. The third-order valence-corrected chi connectivity index (χ3v) is 10.8. The molecule has 2 atom stereocenters. The second-order valence-corrected chi connectivity index (χ2v) is 14.0. The number of fused-ring (bicyclic) bond motifs is 1. The lowest BCUT2D eigenvalue weighted by atomic mass is 9.86. The van der Waals surface area contributed by atoms with Gasteiger partial charge in [0.1, 0.15) is 5.00 Å². The predicted molar refractivity (Wildman–Crippen MR) is 207 cm³/mol. The molecule has 0 radical (unpaired) electrons. The lowest BCUT2D eigenvalue weighted by Crippen LogP contribution is -2.32. The van der Waals surface area contributed by atoms with E-state index in [2.05, 4.69) is 159 Å². The van der Waals surface area contributed by atoms with Crippen LogP contribution in [0.3, 0.4) is 0 Å². The maximum Gasteiger partial charge on any atom is 0.101 e. The van der Waals surface area contributed by atoms with Crippen molar-refractivity contribution in [2.24, 2.45) is 4.40 Å². The number of anilines is 3. The molecule has 3 heterocycles. The summed E-state index contributed by atoms with van der Waals surface area (Å²) in [6, 6.07) is 40.8. The van der Waals surface area contributed by atoms with Crippen LogP contribution in [0.4, 0.5) is 16.4 Å². The van der Waals surface area contributed by atoms with Crippen molar-refractivity contribution in [3.63, 3.8) is 0 Å². The number of nitrogens with one attached hydrogen (secondary N) is 1. The van der Waals surface area contributed by atoms with Gasteiger partial charge in [-0.3, -0.25) is 0 Å². The van der Waals surface area contributed by atoms with Crippen molar-refractivity contribution in [2.75, 3.05) is 4.90 Å². The number of thiophene rings is 2. The van der Waals surface area contributed by atoms with E-state index in [-0.39, 0.29) is 6.04 Å². The molecule has 3 nitrogen and oxygen atoms in total. The SMILES string of the molecule is CC.CC1=C(c2ccc(N(c3ccccc3)c3ccccc3)s2)C2=NSNC2C(c2ccc(C)s2)=C1.CCC(C)c1ccccc1. The van der Waals surface area contributed by atoms with Gasteiger partial charge in [-0.25, -0.2) is 9.12 Å². The summed E-state index contributed by atoms with van der Waals surface area (Å²) in [5, 5.41) is 1.19. The topological polar surface area (TPSA) is 27.6 Å². The molecule has 0 saturated carbocycles. The van der Waals surface area contributed by atoms with Crippen LogP contribution in [0.5, 0.6) is 0 Å². The standard InChI is InChI=1S/C28H23N3S3.C10H14.C2H6/c1-18-17-22(23-14-13-19(2)32-23)27-28(30-34-29-27)26(18)24-15-16-25(33-24)31(20-9-5-3-6-10-20)21-11-7-4-8-12-21;1-3-9(2)10-7-5-4-6-8-10;1-2/h3-17,27,29H,1-2H3;4-9H,3H2,1-2H3;1-2H3. The van der Waals surface area contributed by atoms with Crippen molar-refractivity contribution in [3.05, 3.63) is 147 Å². The summed E-state index contributed by atoms with van der Waals surface area (Å²) in [7, 11) is 0. The fourth-order valence-corrected chi connectivity index (χ4v) is 8.28. The molecule has 0 bridgehead atoms. The molecule has 5 aromatic rings. The minimum absolute atomic E-state index is 0.117. The molecule has 0 amide bonds. The van der Waals surface area contributed by atoms with E-state index in [4.69, 9.17) is 4.40 Å². The Balaban J connectivity index is 0.000000296. The zero-order chi connectivity index (χ0) is 32.5. The van der Waals surface area contributed by atoms with Crippen LogP contribution >= 0.6 is 34.8 Å². The Bertz CT molecular complexity index is 1740. The highest BCUT2D eigenvalue weighted by Crippen LogP contribution is 2.45. The van der Waals surface area contributed by atoms with Crippen LogP contribution in [-0.4, -0.2) is 11.8 Å². The van der Waals surface area contributed by atoms with Gasteiger partial charge in [0.05, 0.1) is 23.9 Å². The van der Waals surface area contributed by atoms with E-state index in [1.54, 1.807) is 0 Å². The summed E-state index contributed by atoms with van der Waals surface area (Å²) < 4.78 is 8.37. The Kier molecular flexibility index (Phi) is 11.9. The van der Waals surface area contributed by atoms with Crippen LogP contribution < -0.4 is 9.62 Å². The van der Waals surface area contributed by atoms with Crippen molar-refractivity contribution >= 4 is 68.0 Å². The first kappa shape index (κ1) is 33.7. The number of aryl methyl sites for hydroxylation is 1. The van der Waals surface area contributed by atoms with Crippen LogP contribution in [0.25, 0.3) is 11.1 Å². The van der Waals surface area contributed by atoms with Crippen molar-refractivity contribution in [2.45, 2.75) is 59.9 Å². The van der Waals surface area contributed by atoms with E-state index in [0.29, 0.717) is 5.92 Å². The van der Waals surface area contributed by atoms with E-state index in [1.165, 1.54) is 60.5 Å². The number of nitrogens with zero attached hydrogens (tertiary/aromatic N) is 2. The van der Waals surface area contributed by atoms with Crippen LogP contribution in [0, 0.1) is 6.92 Å².